The molecule has 0 aliphatic rings. The standard InChI is InChI=1S/C11H13ClN2O2/c1-7(12)6-14-11(15)10-8(13)4-3-5-9(10)16-2/h3-5H,1,6,13H2,2H3,(H,14,15). The molecule has 16 heavy (non-hydrogen) atoms. The average Bonchev–Trinajstić information content (AvgIpc) is 2.25. The minimum absolute atomic E-state index is 0.192. The highest BCUT2D eigenvalue weighted by Gasteiger charge is 2.14. The van der Waals surface area contributed by atoms with E-state index in [1.165, 1.54) is 7.11 Å². The Hall–Kier alpha value is -1.68. The molecule has 0 aromatic heterocycles. The van der Waals surface area contributed by atoms with E-state index in [1.54, 1.807) is 18.2 Å². The van der Waals surface area contributed by atoms with Gasteiger partial charge in [-0.1, -0.05) is 24.2 Å². The smallest absolute Gasteiger partial charge is 0.257 e. The Kier molecular flexibility index (Phi) is 4.19. The molecule has 4 nitrogen and oxygen atoms in total. The second-order valence-electron chi connectivity index (χ2n) is 3.12. The summed E-state index contributed by atoms with van der Waals surface area (Å²) < 4.78 is 5.06. The molecule has 5 heteroatoms. The van der Waals surface area contributed by atoms with Crippen LogP contribution < -0.4 is 15.8 Å². The molecule has 0 aliphatic carbocycles. The molecule has 1 aromatic rings. The van der Waals surface area contributed by atoms with E-state index in [1.807, 2.05) is 0 Å². The number of hydrogen-bond acceptors (Lipinski definition) is 3. The third kappa shape index (κ3) is 2.90. The van der Waals surface area contributed by atoms with Crippen LogP contribution >= 0.6 is 11.6 Å². The maximum absolute atomic E-state index is 11.8. The SMILES string of the molecule is C=C(Cl)CNC(=O)c1c(N)cccc1OC. The van der Waals surface area contributed by atoms with Crippen LogP contribution in [-0.2, 0) is 0 Å². The molecule has 1 amide bonds. The summed E-state index contributed by atoms with van der Waals surface area (Å²) in [4.78, 5) is 11.8. The number of carbonyl (C=O) groups is 1. The zero-order valence-electron chi connectivity index (χ0n) is 8.92. The molecule has 0 saturated carbocycles. The molecule has 86 valence electrons. The summed E-state index contributed by atoms with van der Waals surface area (Å²) in [6.07, 6.45) is 0. The molecule has 0 unspecified atom stereocenters. The van der Waals surface area contributed by atoms with Crippen LogP contribution in [0.1, 0.15) is 10.4 Å². The number of nitrogen functional groups attached to an aromatic ring is 1. The fourth-order valence-electron chi connectivity index (χ4n) is 1.23. The molecule has 1 rings (SSSR count). The maximum atomic E-state index is 11.8. The van der Waals surface area contributed by atoms with Gasteiger partial charge in [0.25, 0.3) is 5.91 Å². The summed E-state index contributed by atoms with van der Waals surface area (Å²) in [5, 5.41) is 2.93. The van der Waals surface area contributed by atoms with E-state index in [0.29, 0.717) is 22.0 Å². The monoisotopic (exact) mass is 240 g/mol. The van der Waals surface area contributed by atoms with Crippen molar-refractivity contribution in [3.63, 3.8) is 0 Å². The van der Waals surface area contributed by atoms with E-state index in [0.717, 1.165) is 0 Å². The quantitative estimate of drug-likeness (QED) is 0.789. The van der Waals surface area contributed by atoms with Crippen molar-refractivity contribution >= 4 is 23.2 Å². The van der Waals surface area contributed by atoms with E-state index in [-0.39, 0.29) is 12.5 Å². The topological polar surface area (TPSA) is 64.4 Å². The molecule has 0 saturated heterocycles. The third-order valence-corrected chi connectivity index (χ3v) is 2.08. The lowest BCUT2D eigenvalue weighted by Crippen LogP contribution is -2.25. The van der Waals surface area contributed by atoms with Crippen molar-refractivity contribution in [2.45, 2.75) is 0 Å². The van der Waals surface area contributed by atoms with Gasteiger partial charge >= 0.3 is 0 Å². The van der Waals surface area contributed by atoms with E-state index in [2.05, 4.69) is 11.9 Å². The highest BCUT2D eigenvalue weighted by molar-refractivity contribution is 6.29. The highest BCUT2D eigenvalue weighted by Crippen LogP contribution is 2.23. The van der Waals surface area contributed by atoms with Crippen molar-refractivity contribution in [3.05, 3.63) is 35.4 Å². The fourth-order valence-corrected chi connectivity index (χ4v) is 1.29. The van der Waals surface area contributed by atoms with Gasteiger partial charge in [0.05, 0.1) is 13.7 Å². The first-order valence-corrected chi connectivity index (χ1v) is 4.98. The number of nitrogens with two attached hydrogens (primary N) is 1. The Balaban J connectivity index is 2.93. The number of benzene rings is 1. The van der Waals surface area contributed by atoms with Crippen molar-refractivity contribution < 1.29 is 9.53 Å². The molecule has 0 aliphatic heterocycles. The normalized spacial score (nSPS) is 9.62. The molecular weight excluding hydrogens is 228 g/mol. The fraction of sp³-hybridized carbons (Fsp3) is 0.182. The highest BCUT2D eigenvalue weighted by atomic mass is 35.5. The van der Waals surface area contributed by atoms with E-state index >= 15 is 0 Å². The van der Waals surface area contributed by atoms with Crippen LogP contribution in [0.2, 0.25) is 0 Å². The predicted octanol–water partition coefficient (Wildman–Crippen LogP) is 1.76. The molecular formula is C11H13ClN2O2. The Bertz CT molecular complexity index is 418. The van der Waals surface area contributed by atoms with Crippen molar-refractivity contribution in [1.82, 2.24) is 5.32 Å². The summed E-state index contributed by atoms with van der Waals surface area (Å²) in [5.41, 5.74) is 6.37. The summed E-state index contributed by atoms with van der Waals surface area (Å²) in [6.45, 7) is 3.67. The van der Waals surface area contributed by atoms with Crippen LogP contribution in [0.3, 0.4) is 0 Å². The van der Waals surface area contributed by atoms with Crippen molar-refractivity contribution in [2.75, 3.05) is 19.4 Å². The number of amides is 1. The van der Waals surface area contributed by atoms with Gasteiger partial charge in [-0.15, -0.1) is 0 Å². The lowest BCUT2D eigenvalue weighted by Gasteiger charge is -2.10. The van der Waals surface area contributed by atoms with Gasteiger partial charge < -0.3 is 15.8 Å². The first kappa shape index (κ1) is 12.4. The van der Waals surface area contributed by atoms with Gasteiger partial charge in [-0.3, -0.25) is 4.79 Å². The van der Waals surface area contributed by atoms with Gasteiger partial charge in [0.1, 0.15) is 11.3 Å². The van der Waals surface area contributed by atoms with Gasteiger partial charge in [0.2, 0.25) is 0 Å². The number of halogens is 1. The predicted molar refractivity (Wildman–Crippen MR) is 64.7 cm³/mol. The lowest BCUT2D eigenvalue weighted by molar-refractivity contribution is 0.0955. The van der Waals surface area contributed by atoms with Gasteiger partial charge in [-0.05, 0) is 12.1 Å². The number of anilines is 1. The van der Waals surface area contributed by atoms with Crippen LogP contribution in [0.25, 0.3) is 0 Å². The first-order valence-electron chi connectivity index (χ1n) is 4.60. The summed E-state index contributed by atoms with van der Waals surface area (Å²) in [5.74, 6) is 0.0921. The lowest BCUT2D eigenvalue weighted by atomic mass is 10.1. The molecule has 0 radical (unpaired) electrons. The van der Waals surface area contributed by atoms with Crippen molar-refractivity contribution in [2.24, 2.45) is 0 Å². The Morgan fingerprint density at radius 2 is 2.31 bits per heavy atom. The van der Waals surface area contributed by atoms with Gasteiger partial charge in [0.15, 0.2) is 0 Å². The van der Waals surface area contributed by atoms with Gasteiger partial charge in [-0.2, -0.15) is 0 Å². The molecule has 0 fully saturated rings. The van der Waals surface area contributed by atoms with Crippen molar-refractivity contribution in [3.8, 4) is 5.75 Å². The zero-order chi connectivity index (χ0) is 12.1. The number of hydrogen-bond donors (Lipinski definition) is 2. The second kappa shape index (κ2) is 5.42. The van der Waals surface area contributed by atoms with E-state index < -0.39 is 0 Å². The summed E-state index contributed by atoms with van der Waals surface area (Å²) in [7, 11) is 1.48. The van der Waals surface area contributed by atoms with E-state index in [9.17, 15) is 4.79 Å². The molecule has 3 N–H and O–H groups in total. The largest absolute Gasteiger partial charge is 0.496 e. The van der Waals surface area contributed by atoms with Crippen LogP contribution in [0, 0.1) is 0 Å². The summed E-state index contributed by atoms with van der Waals surface area (Å²) in [6, 6.07) is 5.01. The van der Waals surface area contributed by atoms with Crippen LogP contribution in [0.15, 0.2) is 29.8 Å². The van der Waals surface area contributed by atoms with Gasteiger partial charge in [0, 0.05) is 10.7 Å². The minimum Gasteiger partial charge on any atom is -0.496 e. The Morgan fingerprint density at radius 3 is 2.88 bits per heavy atom. The third-order valence-electron chi connectivity index (χ3n) is 1.95. The molecule has 0 heterocycles. The number of nitrogens with one attached hydrogen (secondary N) is 1. The molecule has 0 spiro atoms. The number of carbonyl (C=O) groups excluding carboxylic acids is 1. The van der Waals surface area contributed by atoms with Crippen LogP contribution in [0.5, 0.6) is 5.75 Å². The molecule has 0 atom stereocenters. The molecule has 0 bridgehead atoms. The first-order chi connectivity index (χ1) is 7.56. The average molecular weight is 241 g/mol. The number of ether oxygens (including phenoxy) is 1. The van der Waals surface area contributed by atoms with Crippen LogP contribution in [0.4, 0.5) is 5.69 Å². The Labute approximate surface area is 99.0 Å². The number of methoxy groups -OCH3 is 1. The van der Waals surface area contributed by atoms with E-state index in [4.69, 9.17) is 22.1 Å². The number of rotatable bonds is 4. The van der Waals surface area contributed by atoms with Gasteiger partial charge in [-0.25, -0.2) is 0 Å². The van der Waals surface area contributed by atoms with Crippen molar-refractivity contribution in [1.29, 1.82) is 0 Å². The minimum atomic E-state index is -0.336. The Morgan fingerprint density at radius 1 is 1.62 bits per heavy atom. The second-order valence-corrected chi connectivity index (χ2v) is 3.66. The maximum Gasteiger partial charge on any atom is 0.257 e. The van der Waals surface area contributed by atoms with Crippen LogP contribution in [-0.4, -0.2) is 19.6 Å². The molecule has 1 aromatic carbocycles. The summed E-state index contributed by atoms with van der Waals surface area (Å²) >= 11 is 5.55. The zero-order valence-corrected chi connectivity index (χ0v) is 9.67.